The normalized spacial score (nSPS) is 13.2. The molecule has 0 spiro atoms. The van der Waals surface area contributed by atoms with Crippen molar-refractivity contribution in [3.63, 3.8) is 0 Å². The number of hydrogen-bond acceptors (Lipinski definition) is 5. The zero-order valence-electron chi connectivity index (χ0n) is 23.8. The molecular weight excluding hydrogens is 638 g/mol. The third-order valence-electron chi connectivity index (χ3n) is 7.40. The molecule has 0 saturated carbocycles. The van der Waals surface area contributed by atoms with Crippen LogP contribution in [0.1, 0.15) is 27.8 Å². The van der Waals surface area contributed by atoms with Gasteiger partial charge in [0.15, 0.2) is 5.69 Å². The van der Waals surface area contributed by atoms with Gasteiger partial charge in [0, 0.05) is 34.4 Å². The molecule has 0 N–H and O–H groups in total. The van der Waals surface area contributed by atoms with Crippen molar-refractivity contribution in [2.75, 3.05) is 0 Å². The summed E-state index contributed by atoms with van der Waals surface area (Å²) in [5.74, 6) is -2.67. The standard InChI is InChI=1S/C34H12F6N6O2/c1-44-21-9-5-8-19(11-21)27-25(32(45-2)46-3)13-24-29(27)30(47-33(35,36)37)23-12-22(20(15-42)16-43)26(18-7-4-6-17(10-18)14-41)28(23)31(24)48-34(38,39)40/h4-11H,12-13H2. The smallest absolute Gasteiger partial charge is 0.405 e. The van der Waals surface area contributed by atoms with Gasteiger partial charge in [0.25, 0.3) is 0 Å². The van der Waals surface area contributed by atoms with E-state index in [0.717, 1.165) is 0 Å². The average molecular weight is 650 g/mol. The second-order valence-electron chi connectivity index (χ2n) is 10.0. The summed E-state index contributed by atoms with van der Waals surface area (Å²) in [7, 11) is 0. The van der Waals surface area contributed by atoms with E-state index in [1.165, 1.54) is 48.5 Å². The van der Waals surface area contributed by atoms with Gasteiger partial charge in [0.05, 0.1) is 23.8 Å². The van der Waals surface area contributed by atoms with Crippen molar-refractivity contribution in [2.24, 2.45) is 0 Å². The molecule has 0 bridgehead atoms. The fraction of sp³-hybridized carbons (Fsp3) is 0.118. The van der Waals surface area contributed by atoms with E-state index >= 15 is 0 Å². The Labute approximate surface area is 267 Å². The Kier molecular flexibility index (Phi) is 8.15. The van der Waals surface area contributed by atoms with Gasteiger partial charge >= 0.3 is 18.5 Å². The van der Waals surface area contributed by atoms with E-state index in [1.807, 2.05) is 6.07 Å². The second-order valence-corrected chi connectivity index (χ2v) is 10.0. The van der Waals surface area contributed by atoms with Crippen LogP contribution in [-0.2, 0) is 12.8 Å². The van der Waals surface area contributed by atoms with Gasteiger partial charge < -0.3 is 9.47 Å². The zero-order valence-corrected chi connectivity index (χ0v) is 23.8. The van der Waals surface area contributed by atoms with Crippen molar-refractivity contribution in [1.29, 1.82) is 15.8 Å². The Hall–Kier alpha value is -7.00. The zero-order chi connectivity index (χ0) is 35.0. The van der Waals surface area contributed by atoms with E-state index in [9.17, 15) is 42.1 Å². The molecule has 5 rings (SSSR count). The molecule has 0 heterocycles. The second kappa shape index (κ2) is 12.1. The van der Waals surface area contributed by atoms with Crippen molar-refractivity contribution in [3.8, 4) is 29.7 Å². The van der Waals surface area contributed by atoms with Crippen molar-refractivity contribution in [3.05, 3.63) is 144 Å². The minimum atomic E-state index is -5.44. The third kappa shape index (κ3) is 5.75. The summed E-state index contributed by atoms with van der Waals surface area (Å²) in [5.41, 5.74) is -2.73. The number of nitriles is 3. The monoisotopic (exact) mass is 650 g/mol. The van der Waals surface area contributed by atoms with Crippen LogP contribution < -0.4 is 19.9 Å². The number of allylic oxidation sites excluding steroid dienone is 3. The fourth-order valence-electron chi connectivity index (χ4n) is 5.79. The SMILES string of the molecule is [C-]#[N+]C([N+]#[C-])=C1Cc2c(OC(F)(F)F)c3c(c(OC(F)(F)F)c2=C1c1cccc([N+]#[C-])c1)CC(=C(C#N)C#N)C=3c1cccc(C#N)c1. The highest BCUT2D eigenvalue weighted by Crippen LogP contribution is 2.44. The first kappa shape index (κ1) is 32.4. The van der Waals surface area contributed by atoms with E-state index in [0.29, 0.717) is 0 Å². The lowest BCUT2D eigenvalue weighted by Crippen LogP contribution is -2.32. The molecule has 0 aromatic heterocycles. The maximum absolute atomic E-state index is 14.2. The van der Waals surface area contributed by atoms with E-state index in [2.05, 4.69) is 24.0 Å². The molecule has 8 nitrogen and oxygen atoms in total. The molecule has 0 fully saturated rings. The summed E-state index contributed by atoms with van der Waals surface area (Å²) in [5, 5.41) is 27.9. The summed E-state index contributed by atoms with van der Waals surface area (Å²) in [6.07, 6.45) is -12.3. The largest absolute Gasteiger partial charge is 0.573 e. The topological polar surface area (TPSA) is 103 Å². The third-order valence-corrected chi connectivity index (χ3v) is 7.40. The molecule has 14 heteroatoms. The first-order chi connectivity index (χ1) is 22.8. The lowest BCUT2D eigenvalue weighted by Gasteiger charge is -2.19. The number of halogens is 6. The highest BCUT2D eigenvalue weighted by atomic mass is 19.4. The van der Waals surface area contributed by atoms with Gasteiger partial charge in [-0.2, -0.15) is 25.5 Å². The summed E-state index contributed by atoms with van der Waals surface area (Å²) in [6.45, 7) is 22.5. The Morgan fingerprint density at radius 2 is 1.21 bits per heavy atom. The summed E-state index contributed by atoms with van der Waals surface area (Å²) >= 11 is 0. The molecule has 0 saturated heterocycles. The lowest BCUT2D eigenvalue weighted by molar-refractivity contribution is -0.277. The molecule has 3 aromatic carbocycles. The van der Waals surface area contributed by atoms with Gasteiger partial charge in [-0.1, -0.05) is 30.3 Å². The summed E-state index contributed by atoms with van der Waals surface area (Å²) < 4.78 is 94.6. The molecule has 0 amide bonds. The first-order valence-electron chi connectivity index (χ1n) is 13.3. The van der Waals surface area contributed by atoms with Gasteiger partial charge in [-0.15, -0.1) is 26.3 Å². The van der Waals surface area contributed by atoms with Gasteiger partial charge in [0.2, 0.25) is 0 Å². The van der Waals surface area contributed by atoms with Crippen LogP contribution in [-0.4, -0.2) is 12.7 Å². The minimum Gasteiger partial charge on any atom is -0.405 e. The first-order valence-corrected chi connectivity index (χ1v) is 13.3. The van der Waals surface area contributed by atoms with Crippen molar-refractivity contribution < 1.29 is 35.8 Å². The molecular formula is C34H12F6N6O2. The van der Waals surface area contributed by atoms with Crippen LogP contribution in [0, 0.1) is 53.7 Å². The molecule has 232 valence electrons. The van der Waals surface area contributed by atoms with Gasteiger partial charge in [-0.05, 0) is 46.0 Å². The van der Waals surface area contributed by atoms with E-state index in [-0.39, 0.29) is 44.7 Å². The van der Waals surface area contributed by atoms with Crippen LogP contribution in [0.25, 0.3) is 25.7 Å². The molecule has 0 unspecified atom stereocenters. The molecule has 0 aliphatic heterocycles. The average Bonchev–Trinajstić information content (AvgIpc) is 3.63. The Morgan fingerprint density at radius 3 is 1.69 bits per heavy atom. The number of fused-ring (bicyclic) bond motifs is 2. The number of nitrogens with zero attached hydrogens (tertiary/aromatic N) is 6. The van der Waals surface area contributed by atoms with Gasteiger partial charge in [0.1, 0.15) is 42.4 Å². The van der Waals surface area contributed by atoms with Crippen molar-refractivity contribution in [2.45, 2.75) is 25.6 Å². The van der Waals surface area contributed by atoms with Crippen LogP contribution in [0.5, 0.6) is 11.5 Å². The number of alkyl halides is 6. The molecule has 48 heavy (non-hydrogen) atoms. The molecule has 0 atom stereocenters. The predicted molar refractivity (Wildman–Crippen MR) is 154 cm³/mol. The Balaban J connectivity index is 2.18. The van der Waals surface area contributed by atoms with Crippen LogP contribution >= 0.6 is 0 Å². The van der Waals surface area contributed by atoms with Crippen LogP contribution in [0.2, 0.25) is 0 Å². The molecule has 0 radical (unpaired) electrons. The van der Waals surface area contributed by atoms with E-state index < -0.39 is 70.0 Å². The molecule has 2 aliphatic rings. The Morgan fingerprint density at radius 1 is 0.708 bits per heavy atom. The molecule has 2 aliphatic carbocycles. The van der Waals surface area contributed by atoms with Gasteiger partial charge in [-0.3, -0.25) is 0 Å². The van der Waals surface area contributed by atoms with Crippen LogP contribution in [0.4, 0.5) is 32.0 Å². The van der Waals surface area contributed by atoms with E-state index in [1.54, 1.807) is 12.1 Å². The number of rotatable bonds is 4. The number of hydrogen-bond donors (Lipinski definition) is 0. The maximum Gasteiger partial charge on any atom is 0.573 e. The summed E-state index contributed by atoms with van der Waals surface area (Å²) in [4.78, 5) is 9.64. The van der Waals surface area contributed by atoms with E-state index in [4.69, 9.17) is 19.7 Å². The minimum absolute atomic E-state index is 0.00130. The quantitative estimate of drug-likeness (QED) is 0.175. The van der Waals surface area contributed by atoms with Crippen molar-refractivity contribution >= 4 is 16.8 Å². The lowest BCUT2D eigenvalue weighted by atomic mass is 9.94. The van der Waals surface area contributed by atoms with Crippen LogP contribution in [0.15, 0.2) is 71.1 Å². The maximum atomic E-state index is 14.2. The fourth-order valence-corrected chi connectivity index (χ4v) is 5.79. The van der Waals surface area contributed by atoms with Gasteiger partial charge in [-0.25, -0.2) is 4.85 Å². The predicted octanol–water partition coefficient (Wildman–Crippen LogP) is 6.81. The molecule has 3 aromatic rings. The van der Waals surface area contributed by atoms with Crippen molar-refractivity contribution in [1.82, 2.24) is 0 Å². The summed E-state index contributed by atoms with van der Waals surface area (Å²) in [6, 6.07) is 15.7. The number of ether oxygens (including phenoxy) is 2. The number of benzene rings is 3. The highest BCUT2D eigenvalue weighted by molar-refractivity contribution is 5.92. The highest BCUT2D eigenvalue weighted by Gasteiger charge is 2.43. The Bertz CT molecular complexity index is 2200. The van der Waals surface area contributed by atoms with Crippen LogP contribution in [0.3, 0.4) is 0 Å².